The van der Waals surface area contributed by atoms with Crippen molar-refractivity contribution in [2.24, 2.45) is 11.8 Å². The molecule has 1 fully saturated rings. The highest BCUT2D eigenvalue weighted by molar-refractivity contribution is 5.90. The normalized spacial score (nSPS) is 20.9. The van der Waals surface area contributed by atoms with Gasteiger partial charge < -0.3 is 14.7 Å². The summed E-state index contributed by atoms with van der Waals surface area (Å²) in [6, 6.07) is 0. The van der Waals surface area contributed by atoms with Crippen molar-refractivity contribution in [3.63, 3.8) is 0 Å². The minimum atomic E-state index is -1.77. The molecule has 188 valence electrons. The van der Waals surface area contributed by atoms with Crippen LogP contribution in [0, 0.1) is 11.8 Å². The molecule has 0 aromatic heterocycles. The van der Waals surface area contributed by atoms with Crippen molar-refractivity contribution in [3.05, 3.63) is 0 Å². The lowest BCUT2D eigenvalue weighted by molar-refractivity contribution is -0.875. The molecule has 32 heavy (non-hydrogen) atoms. The van der Waals surface area contributed by atoms with Crippen LogP contribution >= 0.6 is 0 Å². The van der Waals surface area contributed by atoms with E-state index in [0.717, 1.165) is 31.1 Å². The number of quaternary nitrogens is 1. The highest BCUT2D eigenvalue weighted by Crippen LogP contribution is 2.38. The van der Waals surface area contributed by atoms with Gasteiger partial charge in [0, 0.05) is 6.42 Å². The molecule has 0 amide bonds. The van der Waals surface area contributed by atoms with Crippen LogP contribution in [0.15, 0.2) is 0 Å². The van der Waals surface area contributed by atoms with E-state index in [-0.39, 0.29) is 18.7 Å². The Morgan fingerprint density at radius 3 is 1.84 bits per heavy atom. The van der Waals surface area contributed by atoms with Crippen LogP contribution < -0.4 is 0 Å². The van der Waals surface area contributed by atoms with Gasteiger partial charge in [0.1, 0.15) is 6.54 Å². The van der Waals surface area contributed by atoms with E-state index in [1.807, 2.05) is 21.1 Å². The largest absolute Gasteiger partial charge is 0.481 e. The molecule has 0 spiro atoms. The number of aliphatic hydroxyl groups is 1. The van der Waals surface area contributed by atoms with E-state index in [1.54, 1.807) is 0 Å². The van der Waals surface area contributed by atoms with Crippen molar-refractivity contribution in [3.8, 4) is 0 Å². The van der Waals surface area contributed by atoms with Crippen molar-refractivity contribution in [2.75, 3.05) is 27.7 Å². The number of ketones is 1. The number of carboxylic acids is 1. The predicted octanol–water partition coefficient (Wildman–Crippen LogP) is 5.98. The summed E-state index contributed by atoms with van der Waals surface area (Å²) in [5.74, 6) is 0.394. The quantitative estimate of drug-likeness (QED) is 0.186. The number of hydrogen-bond acceptors (Lipinski definition) is 3. The van der Waals surface area contributed by atoms with E-state index >= 15 is 0 Å². The third-order valence-corrected chi connectivity index (χ3v) is 7.17. The third-order valence-electron chi connectivity index (χ3n) is 7.17. The number of likely N-dealkylation sites (N-methyl/N-ethyl adjacent to an activating group) is 1. The molecule has 1 aliphatic carbocycles. The Balaban J connectivity index is 2.24. The van der Waals surface area contributed by atoms with Crippen LogP contribution in [0.3, 0.4) is 0 Å². The lowest BCUT2D eigenvalue weighted by Crippen LogP contribution is -2.54. The van der Waals surface area contributed by atoms with Gasteiger partial charge in [-0.25, -0.2) is 0 Å². The molecular weight excluding hydrogens is 402 g/mol. The second kappa shape index (κ2) is 15.1. The lowest BCUT2D eigenvalue weighted by Gasteiger charge is -2.33. The molecule has 0 saturated heterocycles. The molecule has 5 heteroatoms. The molecule has 1 aliphatic rings. The zero-order chi connectivity index (χ0) is 24.0. The van der Waals surface area contributed by atoms with Crippen molar-refractivity contribution in [2.45, 2.75) is 122 Å². The molecule has 0 aromatic carbocycles. The smallest absolute Gasteiger partial charge is 0.306 e. The molecule has 1 rings (SSSR count). The summed E-state index contributed by atoms with van der Waals surface area (Å²) in [4.78, 5) is 23.8. The Bertz CT molecular complexity index is 542. The Hall–Kier alpha value is -0.940. The van der Waals surface area contributed by atoms with Crippen molar-refractivity contribution in [1.82, 2.24) is 0 Å². The summed E-state index contributed by atoms with van der Waals surface area (Å²) in [5, 5.41) is 19.9. The Kier molecular flexibility index (Phi) is 13.7. The van der Waals surface area contributed by atoms with Gasteiger partial charge >= 0.3 is 5.97 Å². The minimum Gasteiger partial charge on any atom is -0.481 e. The number of unbranched alkanes of at least 4 members (excludes halogenated alkanes) is 8. The summed E-state index contributed by atoms with van der Waals surface area (Å²) in [7, 11) is 5.59. The summed E-state index contributed by atoms with van der Waals surface area (Å²) in [6.45, 7) is 2.40. The van der Waals surface area contributed by atoms with Crippen molar-refractivity contribution >= 4 is 11.8 Å². The number of hydrogen-bond donors (Lipinski definition) is 2. The monoisotopic (exact) mass is 454 g/mol. The summed E-state index contributed by atoms with van der Waals surface area (Å²) in [6.07, 6.45) is 19.1. The van der Waals surface area contributed by atoms with Crippen LogP contribution in [0.1, 0.15) is 116 Å². The molecule has 0 heterocycles. The standard InChI is InChI=1S/C27H51NO4/c1-5-6-7-8-9-12-16-23-18-15-19-24(23)17-13-10-11-14-20-25(29)27(32,21-26(30)31)22-28(2,3)4/h23-24,32H,5-22H2,1-4H3/p+1/t23-,24-,27?/m0/s1. The second-order valence-electron chi connectivity index (χ2n) is 11.4. The Morgan fingerprint density at radius 2 is 1.34 bits per heavy atom. The first-order valence-electron chi connectivity index (χ1n) is 13.4. The molecule has 0 aromatic rings. The number of Topliss-reactive ketones (excluding diaryl/α,β-unsaturated/α-hetero) is 1. The topological polar surface area (TPSA) is 74.6 Å². The molecular formula is C27H52NO4+. The lowest BCUT2D eigenvalue weighted by atomic mass is 9.86. The van der Waals surface area contributed by atoms with Gasteiger partial charge in [-0.15, -0.1) is 0 Å². The van der Waals surface area contributed by atoms with Gasteiger partial charge in [0.2, 0.25) is 0 Å². The summed E-state index contributed by atoms with van der Waals surface area (Å²) in [5.41, 5.74) is -1.77. The fraction of sp³-hybridized carbons (Fsp3) is 0.926. The van der Waals surface area contributed by atoms with E-state index < -0.39 is 18.0 Å². The summed E-state index contributed by atoms with van der Waals surface area (Å²) >= 11 is 0. The molecule has 3 atom stereocenters. The predicted molar refractivity (Wildman–Crippen MR) is 132 cm³/mol. The molecule has 2 N–H and O–H groups in total. The fourth-order valence-corrected chi connectivity index (χ4v) is 5.62. The molecule has 0 radical (unpaired) electrons. The number of carboxylic acid groups (broad SMARTS) is 1. The van der Waals surface area contributed by atoms with Crippen LogP contribution in [0.2, 0.25) is 0 Å². The van der Waals surface area contributed by atoms with Crippen LogP contribution in [-0.4, -0.2) is 59.7 Å². The van der Waals surface area contributed by atoms with Gasteiger partial charge in [-0.3, -0.25) is 9.59 Å². The van der Waals surface area contributed by atoms with Gasteiger partial charge in [-0.05, 0) is 18.3 Å². The van der Waals surface area contributed by atoms with Gasteiger partial charge in [0.25, 0.3) is 0 Å². The van der Waals surface area contributed by atoms with E-state index in [4.69, 9.17) is 5.11 Å². The van der Waals surface area contributed by atoms with Gasteiger partial charge in [-0.2, -0.15) is 0 Å². The first kappa shape index (κ1) is 29.1. The second-order valence-corrected chi connectivity index (χ2v) is 11.4. The Labute approximate surface area is 197 Å². The third kappa shape index (κ3) is 12.3. The van der Waals surface area contributed by atoms with E-state index in [2.05, 4.69) is 6.92 Å². The molecule has 0 bridgehead atoms. The highest BCUT2D eigenvalue weighted by Gasteiger charge is 2.42. The van der Waals surface area contributed by atoms with Crippen LogP contribution in [0.5, 0.6) is 0 Å². The minimum absolute atomic E-state index is 0.125. The average molecular weight is 455 g/mol. The average Bonchev–Trinajstić information content (AvgIpc) is 3.12. The number of carbonyl (C=O) groups is 2. The molecule has 5 nitrogen and oxygen atoms in total. The van der Waals surface area contributed by atoms with Gasteiger partial charge in [0.05, 0.1) is 27.6 Å². The van der Waals surface area contributed by atoms with E-state index in [9.17, 15) is 14.7 Å². The fourth-order valence-electron chi connectivity index (χ4n) is 5.62. The first-order valence-corrected chi connectivity index (χ1v) is 13.4. The van der Waals surface area contributed by atoms with Crippen LogP contribution in [-0.2, 0) is 9.59 Å². The maximum Gasteiger partial charge on any atom is 0.306 e. The van der Waals surface area contributed by atoms with E-state index in [0.29, 0.717) is 4.48 Å². The maximum atomic E-state index is 12.6. The van der Waals surface area contributed by atoms with Gasteiger partial charge in [0.15, 0.2) is 11.4 Å². The Morgan fingerprint density at radius 1 is 0.844 bits per heavy atom. The number of aliphatic carboxylic acids is 1. The number of carbonyl (C=O) groups excluding carboxylic acids is 1. The molecule has 1 unspecified atom stereocenters. The summed E-state index contributed by atoms with van der Waals surface area (Å²) < 4.78 is 0.358. The van der Waals surface area contributed by atoms with Crippen LogP contribution in [0.25, 0.3) is 0 Å². The van der Waals surface area contributed by atoms with Crippen molar-refractivity contribution < 1.29 is 24.3 Å². The van der Waals surface area contributed by atoms with E-state index in [1.165, 1.54) is 77.0 Å². The maximum absolute atomic E-state index is 12.6. The first-order chi connectivity index (χ1) is 15.1. The van der Waals surface area contributed by atoms with Gasteiger partial charge in [-0.1, -0.05) is 96.8 Å². The highest BCUT2D eigenvalue weighted by atomic mass is 16.4. The zero-order valence-electron chi connectivity index (χ0n) is 21.5. The van der Waals surface area contributed by atoms with Crippen molar-refractivity contribution in [1.29, 1.82) is 0 Å². The number of nitrogens with zero attached hydrogens (tertiary/aromatic N) is 1. The zero-order valence-corrected chi connectivity index (χ0v) is 21.5. The number of rotatable bonds is 19. The van der Waals surface area contributed by atoms with Crippen LogP contribution in [0.4, 0.5) is 0 Å². The molecule has 0 aliphatic heterocycles. The SMILES string of the molecule is CCCCCCCC[C@H]1CCC[C@@H]1CCCCCCC(=O)C(O)(CC(=O)O)C[N+](C)(C)C. The molecule has 1 saturated carbocycles.